The van der Waals surface area contributed by atoms with Crippen LogP contribution in [0.25, 0.3) is 0 Å². The van der Waals surface area contributed by atoms with Gasteiger partial charge in [-0.05, 0) is 18.6 Å². The number of para-hydroxylation sites is 1. The van der Waals surface area contributed by atoms with Crippen molar-refractivity contribution in [2.24, 2.45) is 0 Å². The van der Waals surface area contributed by atoms with Crippen LogP contribution in [-0.2, 0) is 19.2 Å². The summed E-state index contributed by atoms with van der Waals surface area (Å²) in [5.41, 5.74) is -0.0671. The first-order valence-corrected chi connectivity index (χ1v) is 15.4. The number of aromatic hydroxyl groups is 1. The van der Waals surface area contributed by atoms with Crippen LogP contribution in [0.2, 0.25) is 0 Å². The maximum absolute atomic E-state index is 10.4. The van der Waals surface area contributed by atoms with Crippen LogP contribution in [0.3, 0.4) is 0 Å². The third kappa shape index (κ3) is 56.0. The summed E-state index contributed by atoms with van der Waals surface area (Å²) in [5.74, 6) is -7.43. The first kappa shape index (κ1) is 73.5. The van der Waals surface area contributed by atoms with Crippen molar-refractivity contribution in [1.82, 2.24) is 14.7 Å². The van der Waals surface area contributed by atoms with Crippen LogP contribution in [-0.4, -0.2) is 200 Å². The van der Waals surface area contributed by atoms with Gasteiger partial charge in [-0.15, -0.1) is 0 Å². The van der Waals surface area contributed by atoms with Gasteiger partial charge >= 0.3 is 124 Å². The topological polar surface area (TPSA) is 390 Å². The molecule has 0 saturated heterocycles. The molecule has 0 radical (unpaired) electrons. The number of rotatable bonds is 22. The second-order valence-corrected chi connectivity index (χ2v) is 10.0. The van der Waals surface area contributed by atoms with E-state index in [-0.39, 0.29) is 176 Å². The van der Waals surface area contributed by atoms with E-state index >= 15 is 0 Å². The van der Waals surface area contributed by atoms with Crippen LogP contribution in [0.1, 0.15) is 30.1 Å². The average Bonchev–Trinajstić information content (AvgIpc) is 3.04. The van der Waals surface area contributed by atoms with Crippen molar-refractivity contribution in [3.05, 3.63) is 29.8 Å². The molecular formula is C30H51N3Na4O19. The average molecular weight is 850 g/mol. The van der Waals surface area contributed by atoms with Gasteiger partial charge in [0.15, 0.2) is 6.29 Å². The minimum absolute atomic E-state index is 0. The maximum Gasteiger partial charge on any atom is 1.00 e. The number of nitrogens with zero attached hydrogens (tertiary/aromatic N) is 3. The van der Waals surface area contributed by atoms with Gasteiger partial charge < -0.3 is 90.7 Å². The summed E-state index contributed by atoms with van der Waals surface area (Å²) in [5, 5.41) is 125. The standard InChI is InChI=1S/C10H16N2O8.C7H6O3.C6H15NO3.C4H10O2.C3H8O3.4Na/c13-7(14)3-11(4-8(15)16)1-2-12(5-9(17)18)6-10(19)20;8-6-4-2-1-3-5(6)7(9)10;8-4-1-7(2-5-9)3-6-10;1-2-3-4(5)6;4-1-3(6)2-5;;;;/h1-6H2,(H,13,14)(H,15,16)(H,17,18)(H,19,20);1-4,8H,(H,9,10);8-10H,1-6H2;4-6H,2-3H2,1H3;3-6H,1-2H2;;;;/q;;;;;4*+1/p-4. The molecule has 304 valence electrons. The Labute approximate surface area is 413 Å². The number of benzene rings is 1. The monoisotopic (exact) mass is 849 g/mol. The molecule has 0 aromatic heterocycles. The smallest absolute Gasteiger partial charge is 0.549 e. The van der Waals surface area contributed by atoms with Crippen molar-refractivity contribution in [2.75, 3.05) is 91.9 Å². The fourth-order valence-electron chi connectivity index (χ4n) is 3.17. The zero-order valence-electron chi connectivity index (χ0n) is 32.8. The van der Waals surface area contributed by atoms with Crippen molar-refractivity contribution in [3.8, 4) is 5.75 Å². The quantitative estimate of drug-likeness (QED) is 0.0382. The van der Waals surface area contributed by atoms with Gasteiger partial charge in [0.25, 0.3) is 0 Å². The van der Waals surface area contributed by atoms with E-state index in [0.29, 0.717) is 26.1 Å². The van der Waals surface area contributed by atoms with E-state index in [9.17, 15) is 44.4 Å². The van der Waals surface area contributed by atoms with Gasteiger partial charge in [-0.2, -0.15) is 0 Å². The van der Waals surface area contributed by atoms with E-state index < -0.39 is 68.4 Å². The fraction of sp³-hybridized carbons (Fsp3) is 0.633. The van der Waals surface area contributed by atoms with Gasteiger partial charge in [0, 0.05) is 58.9 Å². The number of carbonyl (C=O) groups is 5. The summed E-state index contributed by atoms with van der Waals surface area (Å²) in [6, 6.07) is 5.81. The molecule has 0 aliphatic carbocycles. The molecular weight excluding hydrogens is 798 g/mol. The number of phenols is 1. The second-order valence-electron chi connectivity index (χ2n) is 10.0. The Balaban J connectivity index is -0.0000000913. The number of carboxylic acids is 5. The molecule has 0 bridgehead atoms. The van der Waals surface area contributed by atoms with E-state index in [0.717, 1.165) is 16.2 Å². The van der Waals surface area contributed by atoms with Crippen LogP contribution in [0, 0.1) is 0 Å². The predicted molar refractivity (Wildman–Crippen MR) is 169 cm³/mol. The number of aliphatic carboxylic acids is 4. The van der Waals surface area contributed by atoms with E-state index in [1.165, 1.54) is 12.1 Å². The van der Waals surface area contributed by atoms with E-state index in [4.69, 9.17) is 51.1 Å². The van der Waals surface area contributed by atoms with Crippen LogP contribution in [0.5, 0.6) is 5.75 Å². The molecule has 0 aliphatic rings. The van der Waals surface area contributed by atoms with Gasteiger partial charge in [-0.1, -0.05) is 25.5 Å². The third-order valence-corrected chi connectivity index (χ3v) is 5.49. The van der Waals surface area contributed by atoms with Gasteiger partial charge in [-0.3, -0.25) is 14.7 Å². The Kier molecular flexibility index (Phi) is 67.0. The van der Waals surface area contributed by atoms with Crippen molar-refractivity contribution < 1.29 is 214 Å². The predicted octanol–water partition coefficient (Wildman–Crippen LogP) is -21.6. The van der Waals surface area contributed by atoms with Gasteiger partial charge in [-0.25, -0.2) is 4.79 Å². The van der Waals surface area contributed by atoms with Crippen LogP contribution in [0.15, 0.2) is 24.3 Å². The van der Waals surface area contributed by atoms with E-state index in [1.54, 1.807) is 17.0 Å². The van der Waals surface area contributed by atoms with Crippen LogP contribution < -0.4 is 139 Å². The SMILES string of the molecule is CCCC(O)O.O=C(O)c1ccccc1O.O=C([O-])CN(CCN(CC(=O)[O-])CC(=O)[O-])CC(=O)[O-].OCC(O)CO.OCCN(CCO)CCO.[Na+].[Na+].[Na+].[Na+]. The summed E-state index contributed by atoms with van der Waals surface area (Å²) in [4.78, 5) is 55.5. The molecule has 56 heavy (non-hydrogen) atoms. The largest absolute Gasteiger partial charge is 1.00 e. The first-order valence-electron chi connectivity index (χ1n) is 15.4. The van der Waals surface area contributed by atoms with Crippen LogP contribution in [0.4, 0.5) is 0 Å². The molecule has 0 saturated carbocycles. The number of aromatic carboxylic acids is 1. The Morgan fingerprint density at radius 2 is 0.911 bits per heavy atom. The van der Waals surface area contributed by atoms with Crippen molar-refractivity contribution in [1.29, 1.82) is 0 Å². The van der Waals surface area contributed by atoms with E-state index in [2.05, 4.69) is 0 Å². The summed E-state index contributed by atoms with van der Waals surface area (Å²) in [7, 11) is 0. The summed E-state index contributed by atoms with van der Waals surface area (Å²) in [6.45, 7) is -0.325. The van der Waals surface area contributed by atoms with Crippen molar-refractivity contribution >= 4 is 29.8 Å². The molecule has 26 heteroatoms. The summed E-state index contributed by atoms with van der Waals surface area (Å²) >= 11 is 0. The third-order valence-electron chi connectivity index (χ3n) is 5.49. The normalized spacial score (nSPS) is 9.54. The number of aliphatic hydroxyl groups excluding tert-OH is 7. The van der Waals surface area contributed by atoms with Crippen LogP contribution >= 0.6 is 0 Å². The summed E-state index contributed by atoms with van der Waals surface area (Å²) in [6.07, 6.45) is -0.738. The maximum atomic E-state index is 10.4. The number of carbonyl (C=O) groups excluding carboxylic acids is 4. The molecule has 0 aliphatic heterocycles. The van der Waals surface area contributed by atoms with Gasteiger partial charge in [0.2, 0.25) is 0 Å². The molecule has 0 heterocycles. The Morgan fingerprint density at radius 1 is 0.589 bits per heavy atom. The Bertz CT molecular complexity index is 1010. The minimum Gasteiger partial charge on any atom is -0.549 e. The van der Waals surface area contributed by atoms with Crippen molar-refractivity contribution in [2.45, 2.75) is 32.2 Å². The molecule has 0 unspecified atom stereocenters. The molecule has 1 aromatic rings. The van der Waals surface area contributed by atoms with Crippen molar-refractivity contribution in [3.63, 3.8) is 0 Å². The number of carboxylic acid groups (broad SMARTS) is 5. The molecule has 10 N–H and O–H groups in total. The summed E-state index contributed by atoms with van der Waals surface area (Å²) < 4.78 is 0. The number of aliphatic hydroxyl groups is 8. The molecule has 1 rings (SSSR count). The Morgan fingerprint density at radius 3 is 1.07 bits per heavy atom. The zero-order valence-corrected chi connectivity index (χ0v) is 40.8. The second kappa shape index (κ2) is 51.1. The molecule has 0 atom stereocenters. The van der Waals surface area contributed by atoms with E-state index in [1.807, 2.05) is 6.92 Å². The molecule has 22 nitrogen and oxygen atoms in total. The number of hydrogen-bond acceptors (Lipinski definition) is 21. The molecule has 0 amide bonds. The Hall–Kier alpha value is -0.0700. The first-order chi connectivity index (χ1) is 24.3. The van der Waals surface area contributed by atoms with Gasteiger partial charge in [0.1, 0.15) is 17.4 Å². The minimum atomic E-state index is -1.53. The molecule has 0 spiro atoms. The molecule has 0 fully saturated rings. The number of hydrogen-bond donors (Lipinski definition) is 10. The van der Waals surface area contributed by atoms with Gasteiger partial charge in [0.05, 0.1) is 56.9 Å². The zero-order chi connectivity index (χ0) is 41.1. The molecule has 1 aromatic carbocycles. The fourth-order valence-corrected chi connectivity index (χ4v) is 3.17.